The zero-order chi connectivity index (χ0) is 12.3. The van der Waals surface area contributed by atoms with E-state index in [9.17, 15) is 0 Å². The monoisotopic (exact) mass is 235 g/mol. The van der Waals surface area contributed by atoms with Gasteiger partial charge in [0.1, 0.15) is 5.75 Å². The van der Waals surface area contributed by atoms with E-state index in [1.54, 1.807) is 14.2 Å². The van der Waals surface area contributed by atoms with Crippen LogP contribution in [0.3, 0.4) is 0 Å². The third kappa shape index (κ3) is 2.99. The molecule has 0 N–H and O–H groups in total. The highest BCUT2D eigenvalue weighted by Gasteiger charge is 2.26. The van der Waals surface area contributed by atoms with Gasteiger partial charge in [0.2, 0.25) is 0 Å². The topological polar surface area (TPSA) is 21.7 Å². The molecule has 1 saturated heterocycles. The summed E-state index contributed by atoms with van der Waals surface area (Å²) in [5, 5.41) is 0. The number of methoxy groups -OCH3 is 2. The number of likely N-dealkylation sites (tertiary alicyclic amines) is 1. The SMILES string of the molecule is COCC1CN(Cc2ccc(C)cc2OC)C1. The van der Waals surface area contributed by atoms with Crippen LogP contribution in [-0.4, -0.2) is 38.8 Å². The predicted octanol–water partition coefficient (Wildman–Crippen LogP) is 2.08. The van der Waals surface area contributed by atoms with Crippen molar-refractivity contribution in [2.24, 2.45) is 5.92 Å². The Labute approximate surface area is 103 Å². The van der Waals surface area contributed by atoms with Gasteiger partial charge in [-0.25, -0.2) is 0 Å². The quantitative estimate of drug-likeness (QED) is 0.780. The Kier molecular flexibility index (Phi) is 4.02. The molecule has 1 heterocycles. The van der Waals surface area contributed by atoms with E-state index in [0.29, 0.717) is 5.92 Å². The molecule has 3 heteroatoms. The molecule has 1 aromatic rings. The molecule has 94 valence electrons. The van der Waals surface area contributed by atoms with Gasteiger partial charge in [-0.15, -0.1) is 0 Å². The van der Waals surface area contributed by atoms with Gasteiger partial charge in [0.05, 0.1) is 13.7 Å². The van der Waals surface area contributed by atoms with Gasteiger partial charge in [-0.3, -0.25) is 4.90 Å². The second kappa shape index (κ2) is 5.52. The van der Waals surface area contributed by atoms with Gasteiger partial charge in [0.15, 0.2) is 0 Å². The fourth-order valence-electron chi connectivity index (χ4n) is 2.37. The fourth-order valence-corrected chi connectivity index (χ4v) is 2.37. The molecule has 0 aromatic heterocycles. The van der Waals surface area contributed by atoms with Gasteiger partial charge in [0, 0.05) is 38.2 Å². The Morgan fingerprint density at radius 2 is 2.06 bits per heavy atom. The lowest BCUT2D eigenvalue weighted by atomic mass is 10.00. The minimum atomic E-state index is 0.705. The molecular formula is C14H21NO2. The van der Waals surface area contributed by atoms with Crippen LogP contribution in [0.25, 0.3) is 0 Å². The first-order valence-electron chi connectivity index (χ1n) is 6.07. The van der Waals surface area contributed by atoms with Crippen molar-refractivity contribution < 1.29 is 9.47 Å². The van der Waals surface area contributed by atoms with Crippen LogP contribution in [0.2, 0.25) is 0 Å². The van der Waals surface area contributed by atoms with Crippen molar-refractivity contribution >= 4 is 0 Å². The molecule has 0 spiro atoms. The fraction of sp³-hybridized carbons (Fsp3) is 0.571. The maximum absolute atomic E-state index is 5.42. The normalized spacial score (nSPS) is 16.9. The maximum atomic E-state index is 5.42. The minimum Gasteiger partial charge on any atom is -0.496 e. The van der Waals surface area contributed by atoms with E-state index < -0.39 is 0 Å². The number of benzene rings is 1. The van der Waals surface area contributed by atoms with Gasteiger partial charge < -0.3 is 9.47 Å². The molecule has 1 aromatic carbocycles. The summed E-state index contributed by atoms with van der Waals surface area (Å²) in [5.74, 6) is 1.71. The summed E-state index contributed by atoms with van der Waals surface area (Å²) < 4.78 is 10.6. The van der Waals surface area contributed by atoms with Crippen molar-refractivity contribution in [3.05, 3.63) is 29.3 Å². The van der Waals surface area contributed by atoms with Gasteiger partial charge in [-0.05, 0) is 18.6 Å². The molecule has 3 nitrogen and oxygen atoms in total. The average Bonchev–Trinajstić information content (AvgIpc) is 2.28. The lowest BCUT2D eigenvalue weighted by Crippen LogP contribution is -2.47. The smallest absolute Gasteiger partial charge is 0.123 e. The number of rotatable bonds is 5. The van der Waals surface area contributed by atoms with Crippen LogP contribution in [0.15, 0.2) is 18.2 Å². The van der Waals surface area contributed by atoms with Crippen molar-refractivity contribution in [3.63, 3.8) is 0 Å². The number of aryl methyl sites for hydroxylation is 1. The van der Waals surface area contributed by atoms with E-state index in [1.807, 2.05) is 0 Å². The Morgan fingerprint density at radius 3 is 2.71 bits per heavy atom. The second-order valence-electron chi connectivity index (χ2n) is 4.83. The van der Waals surface area contributed by atoms with Crippen molar-refractivity contribution in [2.45, 2.75) is 13.5 Å². The minimum absolute atomic E-state index is 0.705. The van der Waals surface area contributed by atoms with E-state index in [0.717, 1.165) is 32.0 Å². The standard InChI is InChI=1S/C14H21NO2/c1-11-4-5-13(14(6-11)17-3)9-15-7-12(8-15)10-16-2/h4-6,12H,7-10H2,1-3H3. The molecular weight excluding hydrogens is 214 g/mol. The highest BCUT2D eigenvalue weighted by Crippen LogP contribution is 2.25. The number of hydrogen-bond acceptors (Lipinski definition) is 3. The molecule has 0 amide bonds. The van der Waals surface area contributed by atoms with Gasteiger partial charge in [-0.2, -0.15) is 0 Å². The van der Waals surface area contributed by atoms with Crippen molar-refractivity contribution in [1.29, 1.82) is 0 Å². The summed E-state index contributed by atoms with van der Waals surface area (Å²) >= 11 is 0. The van der Waals surface area contributed by atoms with Crippen LogP contribution >= 0.6 is 0 Å². The maximum Gasteiger partial charge on any atom is 0.123 e. The molecule has 1 fully saturated rings. The van der Waals surface area contributed by atoms with Crippen LogP contribution in [0.4, 0.5) is 0 Å². The summed E-state index contributed by atoms with van der Waals surface area (Å²) in [4.78, 5) is 2.43. The first-order chi connectivity index (χ1) is 8.22. The molecule has 17 heavy (non-hydrogen) atoms. The Hall–Kier alpha value is -1.06. The molecule has 0 unspecified atom stereocenters. The summed E-state index contributed by atoms with van der Waals surface area (Å²) in [6, 6.07) is 6.41. The van der Waals surface area contributed by atoms with Crippen LogP contribution in [0.5, 0.6) is 5.75 Å². The average molecular weight is 235 g/mol. The van der Waals surface area contributed by atoms with E-state index in [2.05, 4.69) is 30.0 Å². The van der Waals surface area contributed by atoms with Crippen LogP contribution < -0.4 is 4.74 Å². The van der Waals surface area contributed by atoms with Gasteiger partial charge in [-0.1, -0.05) is 12.1 Å². The highest BCUT2D eigenvalue weighted by atomic mass is 16.5. The Balaban J connectivity index is 1.92. The van der Waals surface area contributed by atoms with Crippen LogP contribution in [0.1, 0.15) is 11.1 Å². The Morgan fingerprint density at radius 1 is 1.29 bits per heavy atom. The van der Waals surface area contributed by atoms with E-state index in [4.69, 9.17) is 9.47 Å². The highest BCUT2D eigenvalue weighted by molar-refractivity contribution is 5.37. The number of ether oxygens (including phenoxy) is 2. The second-order valence-corrected chi connectivity index (χ2v) is 4.83. The summed E-state index contributed by atoms with van der Waals surface area (Å²) in [6.07, 6.45) is 0. The van der Waals surface area contributed by atoms with Gasteiger partial charge in [0.25, 0.3) is 0 Å². The summed E-state index contributed by atoms with van der Waals surface area (Å²) in [5.41, 5.74) is 2.51. The van der Waals surface area contributed by atoms with Crippen LogP contribution in [0, 0.1) is 12.8 Å². The third-order valence-electron chi connectivity index (χ3n) is 3.27. The van der Waals surface area contributed by atoms with Crippen molar-refractivity contribution in [1.82, 2.24) is 4.90 Å². The summed E-state index contributed by atoms with van der Waals surface area (Å²) in [6.45, 7) is 6.20. The summed E-state index contributed by atoms with van der Waals surface area (Å²) in [7, 11) is 3.51. The zero-order valence-electron chi connectivity index (χ0n) is 10.9. The zero-order valence-corrected chi connectivity index (χ0v) is 10.9. The molecule has 2 rings (SSSR count). The lowest BCUT2D eigenvalue weighted by molar-refractivity contribution is 0.0289. The Bertz CT molecular complexity index is 372. The first kappa shape index (κ1) is 12.4. The third-order valence-corrected chi connectivity index (χ3v) is 3.27. The molecule has 0 radical (unpaired) electrons. The molecule has 0 aliphatic carbocycles. The first-order valence-corrected chi connectivity index (χ1v) is 6.07. The van der Waals surface area contributed by atoms with E-state index >= 15 is 0 Å². The largest absolute Gasteiger partial charge is 0.496 e. The van der Waals surface area contributed by atoms with E-state index in [-0.39, 0.29) is 0 Å². The van der Waals surface area contributed by atoms with Gasteiger partial charge >= 0.3 is 0 Å². The van der Waals surface area contributed by atoms with Crippen molar-refractivity contribution in [2.75, 3.05) is 33.9 Å². The van der Waals surface area contributed by atoms with Crippen molar-refractivity contribution in [3.8, 4) is 5.75 Å². The molecule has 1 aliphatic heterocycles. The van der Waals surface area contributed by atoms with E-state index in [1.165, 1.54) is 11.1 Å². The molecule has 0 bridgehead atoms. The number of hydrogen-bond donors (Lipinski definition) is 0. The number of nitrogens with zero attached hydrogens (tertiary/aromatic N) is 1. The molecule has 0 atom stereocenters. The predicted molar refractivity (Wildman–Crippen MR) is 68.4 cm³/mol. The van der Waals surface area contributed by atoms with Crippen LogP contribution in [-0.2, 0) is 11.3 Å². The molecule has 0 saturated carbocycles. The lowest BCUT2D eigenvalue weighted by Gasteiger charge is -2.39. The molecule has 1 aliphatic rings.